The fourth-order valence-corrected chi connectivity index (χ4v) is 4.26. The number of carbonyl (C=O) groups excluding carboxylic acids is 1. The second kappa shape index (κ2) is 9.62. The van der Waals surface area contributed by atoms with E-state index in [1.165, 1.54) is 30.8 Å². The fraction of sp³-hybridized carbons (Fsp3) is 0.185. The van der Waals surface area contributed by atoms with Crippen LogP contribution in [0.3, 0.4) is 0 Å². The first-order valence-electron chi connectivity index (χ1n) is 11.1. The summed E-state index contributed by atoms with van der Waals surface area (Å²) in [5.41, 5.74) is -3.60. The number of benzene rings is 3. The molecule has 1 amide bonds. The van der Waals surface area contributed by atoms with Crippen LogP contribution in [0.5, 0.6) is 0 Å². The van der Waals surface area contributed by atoms with E-state index >= 15 is 0 Å². The Kier molecular flexibility index (Phi) is 6.81. The number of hydrogen-bond donors (Lipinski definition) is 0. The number of amides is 1. The van der Waals surface area contributed by atoms with Crippen LogP contribution in [0, 0.1) is 5.82 Å². The summed E-state index contributed by atoms with van der Waals surface area (Å²) in [6, 6.07) is 12.7. The second-order valence-electron chi connectivity index (χ2n) is 8.71. The molecule has 0 aliphatic rings. The van der Waals surface area contributed by atoms with E-state index in [9.17, 15) is 40.3 Å². The Hall–Kier alpha value is -4.15. The number of nitrogens with zero attached hydrogens (tertiary/aromatic N) is 2. The van der Waals surface area contributed by atoms with Crippen LogP contribution in [0.2, 0.25) is 0 Å². The zero-order chi connectivity index (χ0) is 28.0. The van der Waals surface area contributed by atoms with Crippen molar-refractivity contribution in [3.63, 3.8) is 0 Å². The Bertz CT molecular complexity index is 1550. The first-order chi connectivity index (χ1) is 17.7. The van der Waals surface area contributed by atoms with E-state index in [2.05, 4.69) is 0 Å². The molecule has 0 saturated carbocycles. The van der Waals surface area contributed by atoms with Gasteiger partial charge in [-0.1, -0.05) is 30.3 Å². The molecule has 1 aromatic heterocycles. The van der Waals surface area contributed by atoms with Gasteiger partial charge in [-0.15, -0.1) is 0 Å². The number of carbonyl (C=O) groups is 1. The molecular formula is C27H19F7N2O2. The van der Waals surface area contributed by atoms with Crippen molar-refractivity contribution in [3.05, 3.63) is 105 Å². The Labute approximate surface area is 211 Å². The van der Waals surface area contributed by atoms with E-state index in [0.717, 1.165) is 17.0 Å². The summed E-state index contributed by atoms with van der Waals surface area (Å²) in [6.07, 6.45) is -10.1. The van der Waals surface area contributed by atoms with E-state index in [-0.39, 0.29) is 17.2 Å². The maximum atomic E-state index is 13.6. The van der Waals surface area contributed by atoms with E-state index in [1.807, 2.05) is 0 Å². The van der Waals surface area contributed by atoms with Crippen molar-refractivity contribution in [2.75, 3.05) is 7.05 Å². The Morgan fingerprint density at radius 1 is 0.868 bits per heavy atom. The van der Waals surface area contributed by atoms with Crippen molar-refractivity contribution in [2.24, 2.45) is 7.05 Å². The van der Waals surface area contributed by atoms with Crippen molar-refractivity contribution >= 4 is 16.8 Å². The molecule has 4 nitrogen and oxygen atoms in total. The molecule has 0 aliphatic carbocycles. The molecule has 0 spiro atoms. The Morgan fingerprint density at radius 3 is 1.97 bits per heavy atom. The molecule has 1 heterocycles. The number of hydrogen-bond acceptors (Lipinski definition) is 2. The number of halogens is 7. The highest BCUT2D eigenvalue weighted by Crippen LogP contribution is 2.37. The quantitative estimate of drug-likeness (QED) is 0.274. The summed E-state index contributed by atoms with van der Waals surface area (Å²) in [7, 11) is 2.59. The zero-order valence-electron chi connectivity index (χ0n) is 19.9. The monoisotopic (exact) mass is 536 g/mol. The molecule has 0 fully saturated rings. The maximum absolute atomic E-state index is 13.6. The van der Waals surface area contributed by atoms with Gasteiger partial charge in [0.15, 0.2) is 0 Å². The Morgan fingerprint density at radius 2 is 1.42 bits per heavy atom. The summed E-state index contributed by atoms with van der Waals surface area (Å²) >= 11 is 0. The zero-order valence-corrected chi connectivity index (χ0v) is 19.9. The van der Waals surface area contributed by atoms with Gasteiger partial charge in [-0.05, 0) is 47.5 Å². The smallest absolute Gasteiger partial charge is 0.337 e. The van der Waals surface area contributed by atoms with Gasteiger partial charge < -0.3 is 9.47 Å². The van der Waals surface area contributed by atoms with Crippen molar-refractivity contribution in [2.45, 2.75) is 18.9 Å². The third-order valence-corrected chi connectivity index (χ3v) is 6.06. The summed E-state index contributed by atoms with van der Waals surface area (Å²) < 4.78 is 94.6. The Balaban J connectivity index is 1.86. The molecular weight excluding hydrogens is 517 g/mol. The maximum Gasteiger partial charge on any atom is 0.416 e. The van der Waals surface area contributed by atoms with Gasteiger partial charge in [0.1, 0.15) is 11.4 Å². The number of alkyl halides is 6. The van der Waals surface area contributed by atoms with Gasteiger partial charge >= 0.3 is 12.4 Å². The summed E-state index contributed by atoms with van der Waals surface area (Å²) in [4.78, 5) is 27.8. The number of aromatic nitrogens is 1. The molecule has 0 aliphatic heterocycles. The lowest BCUT2D eigenvalue weighted by Crippen LogP contribution is -2.34. The van der Waals surface area contributed by atoms with Crippen molar-refractivity contribution in [1.29, 1.82) is 0 Å². The minimum atomic E-state index is -5.05. The summed E-state index contributed by atoms with van der Waals surface area (Å²) in [5.74, 6) is -1.49. The molecule has 0 atom stereocenters. The normalized spacial score (nSPS) is 12.1. The van der Waals surface area contributed by atoms with Crippen LogP contribution in [0.25, 0.3) is 22.0 Å². The molecule has 0 bridgehead atoms. The van der Waals surface area contributed by atoms with Crippen LogP contribution in [0.15, 0.2) is 71.5 Å². The van der Waals surface area contributed by atoms with Crippen molar-refractivity contribution in [1.82, 2.24) is 9.47 Å². The molecule has 0 saturated heterocycles. The minimum Gasteiger partial charge on any atom is -0.337 e. The van der Waals surface area contributed by atoms with Crippen LogP contribution < -0.4 is 5.56 Å². The highest BCUT2D eigenvalue weighted by atomic mass is 19.4. The van der Waals surface area contributed by atoms with E-state index in [4.69, 9.17) is 0 Å². The van der Waals surface area contributed by atoms with Crippen molar-refractivity contribution in [3.8, 4) is 11.1 Å². The van der Waals surface area contributed by atoms with Gasteiger partial charge in [0, 0.05) is 31.6 Å². The lowest BCUT2D eigenvalue weighted by atomic mass is 9.95. The van der Waals surface area contributed by atoms with Gasteiger partial charge in [0.25, 0.3) is 11.5 Å². The topological polar surface area (TPSA) is 42.3 Å². The molecule has 4 rings (SSSR count). The lowest BCUT2D eigenvalue weighted by molar-refractivity contribution is -0.143. The van der Waals surface area contributed by atoms with Gasteiger partial charge in [0.2, 0.25) is 0 Å². The standard InChI is InChI=1S/C27H19F7N2O2/c1-35(14-15-11-17(26(29,30)31)13-18(12-15)27(32,33)34)24(37)23-22(16-7-9-19(28)10-8-16)20-5-3-4-6-21(20)36(2)25(23)38/h3-13H,14H2,1-2H3. The predicted octanol–water partition coefficient (Wildman–Crippen LogP) is 6.65. The van der Waals surface area contributed by atoms with E-state index in [0.29, 0.717) is 28.6 Å². The summed E-state index contributed by atoms with van der Waals surface area (Å²) in [5, 5.41) is 0.469. The van der Waals surface area contributed by atoms with E-state index < -0.39 is 52.9 Å². The number of fused-ring (bicyclic) bond motifs is 1. The highest BCUT2D eigenvalue weighted by Gasteiger charge is 2.37. The number of para-hydroxylation sites is 1. The molecule has 0 radical (unpaired) electrons. The molecule has 0 unspecified atom stereocenters. The molecule has 198 valence electrons. The molecule has 3 aromatic carbocycles. The van der Waals surface area contributed by atoms with Crippen LogP contribution >= 0.6 is 0 Å². The number of aryl methyl sites for hydroxylation is 1. The van der Waals surface area contributed by atoms with Gasteiger partial charge in [-0.2, -0.15) is 26.3 Å². The molecule has 0 N–H and O–H groups in total. The molecule has 4 aromatic rings. The number of rotatable bonds is 4. The first kappa shape index (κ1) is 26.9. The predicted molar refractivity (Wildman–Crippen MR) is 127 cm³/mol. The average Bonchev–Trinajstić information content (AvgIpc) is 2.85. The van der Waals surface area contributed by atoms with Crippen LogP contribution in [0.4, 0.5) is 30.7 Å². The van der Waals surface area contributed by atoms with Crippen LogP contribution in [0.1, 0.15) is 27.0 Å². The van der Waals surface area contributed by atoms with Crippen LogP contribution in [-0.4, -0.2) is 22.4 Å². The minimum absolute atomic E-state index is 0.00294. The first-order valence-corrected chi connectivity index (χ1v) is 11.1. The van der Waals surface area contributed by atoms with Gasteiger partial charge in [-0.25, -0.2) is 4.39 Å². The average molecular weight is 536 g/mol. The van der Waals surface area contributed by atoms with Crippen LogP contribution in [-0.2, 0) is 25.9 Å². The third-order valence-electron chi connectivity index (χ3n) is 6.06. The fourth-order valence-electron chi connectivity index (χ4n) is 4.26. The lowest BCUT2D eigenvalue weighted by Gasteiger charge is -2.22. The molecule has 11 heteroatoms. The number of pyridine rings is 1. The van der Waals surface area contributed by atoms with Gasteiger partial charge in [0.05, 0.1) is 16.6 Å². The molecule has 38 heavy (non-hydrogen) atoms. The van der Waals surface area contributed by atoms with Crippen molar-refractivity contribution < 1.29 is 35.5 Å². The summed E-state index contributed by atoms with van der Waals surface area (Å²) in [6.45, 7) is -0.648. The SMILES string of the molecule is CN(Cc1cc(C(F)(F)F)cc(C(F)(F)F)c1)C(=O)c1c(-c2ccc(F)cc2)c2ccccc2n(C)c1=O. The third kappa shape index (κ3) is 5.13. The second-order valence-corrected chi connectivity index (χ2v) is 8.71. The van der Waals surface area contributed by atoms with Gasteiger partial charge in [-0.3, -0.25) is 9.59 Å². The van der Waals surface area contributed by atoms with E-state index in [1.54, 1.807) is 24.3 Å². The largest absolute Gasteiger partial charge is 0.416 e. The highest BCUT2D eigenvalue weighted by molar-refractivity contribution is 6.08.